The number of nitrogens with two attached hydrogens (primary N) is 1. The maximum atomic E-state index is 6.24. The molecule has 0 saturated heterocycles. The minimum atomic E-state index is 0.528. The third kappa shape index (κ3) is 3.05. The smallest absolute Gasteiger partial charge is 0.162 e. The molecule has 0 amide bonds. The van der Waals surface area contributed by atoms with Crippen LogP contribution in [0.15, 0.2) is 12.1 Å². The van der Waals surface area contributed by atoms with Crippen molar-refractivity contribution in [3.8, 4) is 11.5 Å². The molecular formula is C13H18ClNO2. The zero-order valence-corrected chi connectivity index (χ0v) is 10.8. The number of hydrogen-bond donors (Lipinski definition) is 1. The fraction of sp³-hybridized carbons (Fsp3) is 0.538. The minimum absolute atomic E-state index is 0.528. The second-order valence-corrected chi connectivity index (χ2v) is 4.88. The Kier molecular flexibility index (Phi) is 4.13. The van der Waals surface area contributed by atoms with E-state index in [4.69, 9.17) is 26.8 Å². The Hall–Kier alpha value is -0.930. The molecule has 1 atom stereocenters. The summed E-state index contributed by atoms with van der Waals surface area (Å²) < 4.78 is 11.0. The highest BCUT2D eigenvalue weighted by Crippen LogP contribution is 2.36. The van der Waals surface area contributed by atoms with Gasteiger partial charge in [-0.05, 0) is 36.9 Å². The van der Waals surface area contributed by atoms with E-state index >= 15 is 0 Å². The van der Waals surface area contributed by atoms with Crippen LogP contribution in [-0.4, -0.2) is 19.8 Å². The molecule has 0 radical (unpaired) electrons. The lowest BCUT2D eigenvalue weighted by Crippen LogP contribution is -2.16. The first-order valence-electron chi connectivity index (χ1n) is 5.98. The molecule has 0 aromatic heterocycles. The Bertz CT molecular complexity index is 395. The summed E-state index contributed by atoms with van der Waals surface area (Å²) in [5.41, 5.74) is 6.66. The van der Waals surface area contributed by atoms with Crippen molar-refractivity contribution in [3.63, 3.8) is 0 Å². The van der Waals surface area contributed by atoms with Gasteiger partial charge in [0.1, 0.15) is 13.2 Å². The van der Waals surface area contributed by atoms with E-state index in [0.717, 1.165) is 34.9 Å². The first-order chi connectivity index (χ1) is 8.20. The summed E-state index contributed by atoms with van der Waals surface area (Å²) in [4.78, 5) is 0. The number of halogens is 1. The summed E-state index contributed by atoms with van der Waals surface area (Å²) >= 11 is 6.24. The van der Waals surface area contributed by atoms with Crippen LogP contribution in [0.1, 0.15) is 18.9 Å². The Balaban J connectivity index is 2.16. The molecule has 0 saturated carbocycles. The van der Waals surface area contributed by atoms with Crippen molar-refractivity contribution in [1.82, 2.24) is 0 Å². The monoisotopic (exact) mass is 255 g/mol. The lowest BCUT2D eigenvalue weighted by Gasteiger charge is -2.20. The molecule has 0 aliphatic carbocycles. The number of rotatable bonds is 4. The molecule has 17 heavy (non-hydrogen) atoms. The van der Waals surface area contributed by atoms with E-state index < -0.39 is 0 Å². The highest BCUT2D eigenvalue weighted by atomic mass is 35.5. The van der Waals surface area contributed by atoms with Gasteiger partial charge in [0.15, 0.2) is 11.5 Å². The molecule has 1 aromatic rings. The number of ether oxygens (including phenoxy) is 2. The van der Waals surface area contributed by atoms with Gasteiger partial charge in [0.2, 0.25) is 0 Å². The molecule has 2 N–H and O–H groups in total. The molecule has 1 aliphatic heterocycles. The second-order valence-electron chi connectivity index (χ2n) is 4.47. The third-order valence-electron chi connectivity index (χ3n) is 2.94. The Morgan fingerprint density at radius 2 is 1.94 bits per heavy atom. The predicted octanol–water partition coefficient (Wildman–Crippen LogP) is 2.64. The first-order valence-corrected chi connectivity index (χ1v) is 6.36. The zero-order chi connectivity index (χ0) is 12.3. The standard InChI is InChI=1S/C13H18ClNO2/c1-9(2-3-15)6-10-7-12-13(8-11(10)14)17-5-4-16-12/h7-9H,2-6,15H2,1H3. The summed E-state index contributed by atoms with van der Waals surface area (Å²) in [6.07, 6.45) is 1.93. The van der Waals surface area contributed by atoms with E-state index in [1.807, 2.05) is 12.1 Å². The van der Waals surface area contributed by atoms with Gasteiger partial charge in [-0.25, -0.2) is 0 Å². The van der Waals surface area contributed by atoms with Gasteiger partial charge in [0.25, 0.3) is 0 Å². The summed E-state index contributed by atoms with van der Waals surface area (Å²) in [5, 5.41) is 0.748. The minimum Gasteiger partial charge on any atom is -0.486 e. The molecule has 2 rings (SSSR count). The van der Waals surface area contributed by atoms with Gasteiger partial charge in [-0.15, -0.1) is 0 Å². The quantitative estimate of drug-likeness (QED) is 0.900. The fourth-order valence-electron chi connectivity index (χ4n) is 2.02. The van der Waals surface area contributed by atoms with Crippen molar-refractivity contribution in [2.24, 2.45) is 11.7 Å². The van der Waals surface area contributed by atoms with Gasteiger partial charge in [0, 0.05) is 11.1 Å². The average Bonchev–Trinajstić information content (AvgIpc) is 2.30. The van der Waals surface area contributed by atoms with E-state index in [1.165, 1.54) is 0 Å². The van der Waals surface area contributed by atoms with Crippen LogP contribution in [0.5, 0.6) is 11.5 Å². The lowest BCUT2D eigenvalue weighted by atomic mass is 9.98. The normalized spacial score (nSPS) is 15.7. The maximum absolute atomic E-state index is 6.24. The molecule has 0 spiro atoms. The first kappa shape index (κ1) is 12.5. The third-order valence-corrected chi connectivity index (χ3v) is 3.29. The van der Waals surface area contributed by atoms with Crippen LogP contribution >= 0.6 is 11.6 Å². The number of fused-ring (bicyclic) bond motifs is 1. The SMILES string of the molecule is CC(CCN)Cc1cc2c(cc1Cl)OCCO2. The van der Waals surface area contributed by atoms with Crippen molar-refractivity contribution < 1.29 is 9.47 Å². The molecule has 94 valence electrons. The van der Waals surface area contributed by atoms with Crippen molar-refractivity contribution in [2.45, 2.75) is 19.8 Å². The van der Waals surface area contributed by atoms with Crippen LogP contribution in [0.4, 0.5) is 0 Å². The molecular weight excluding hydrogens is 238 g/mol. The molecule has 1 unspecified atom stereocenters. The molecule has 1 heterocycles. The molecule has 1 aliphatic rings. The van der Waals surface area contributed by atoms with Crippen LogP contribution in [0, 0.1) is 5.92 Å². The van der Waals surface area contributed by atoms with Crippen molar-refractivity contribution in [1.29, 1.82) is 0 Å². The molecule has 0 fully saturated rings. The molecule has 1 aromatic carbocycles. The Labute approximate surface area is 107 Å². The number of benzene rings is 1. The van der Waals surface area contributed by atoms with Crippen LogP contribution in [0.25, 0.3) is 0 Å². The van der Waals surface area contributed by atoms with Gasteiger partial charge >= 0.3 is 0 Å². The van der Waals surface area contributed by atoms with Gasteiger partial charge in [-0.2, -0.15) is 0 Å². The van der Waals surface area contributed by atoms with Crippen molar-refractivity contribution in [3.05, 3.63) is 22.7 Å². The Morgan fingerprint density at radius 3 is 2.59 bits per heavy atom. The van der Waals surface area contributed by atoms with Crippen molar-refractivity contribution >= 4 is 11.6 Å². The summed E-state index contributed by atoms with van der Waals surface area (Å²) in [5.74, 6) is 2.08. The van der Waals surface area contributed by atoms with Crippen LogP contribution in [0.3, 0.4) is 0 Å². The zero-order valence-electron chi connectivity index (χ0n) is 10.0. The van der Waals surface area contributed by atoms with E-state index in [0.29, 0.717) is 25.7 Å². The van der Waals surface area contributed by atoms with Gasteiger partial charge in [0.05, 0.1) is 0 Å². The summed E-state index contributed by atoms with van der Waals surface area (Å²) in [6, 6.07) is 3.84. The van der Waals surface area contributed by atoms with E-state index in [1.54, 1.807) is 0 Å². The van der Waals surface area contributed by atoms with Crippen LogP contribution < -0.4 is 15.2 Å². The molecule has 4 heteroatoms. The van der Waals surface area contributed by atoms with E-state index in [2.05, 4.69) is 6.92 Å². The Morgan fingerprint density at radius 1 is 1.29 bits per heavy atom. The summed E-state index contributed by atoms with van der Waals surface area (Å²) in [7, 11) is 0. The van der Waals surface area contributed by atoms with Crippen LogP contribution in [-0.2, 0) is 6.42 Å². The maximum Gasteiger partial charge on any atom is 0.162 e. The van der Waals surface area contributed by atoms with E-state index in [-0.39, 0.29) is 0 Å². The average molecular weight is 256 g/mol. The predicted molar refractivity (Wildman–Crippen MR) is 69.0 cm³/mol. The second kappa shape index (κ2) is 5.61. The highest BCUT2D eigenvalue weighted by molar-refractivity contribution is 6.31. The topological polar surface area (TPSA) is 44.5 Å². The molecule has 0 bridgehead atoms. The van der Waals surface area contributed by atoms with Gasteiger partial charge in [-0.1, -0.05) is 18.5 Å². The summed E-state index contributed by atoms with van der Waals surface area (Å²) in [6.45, 7) is 4.09. The van der Waals surface area contributed by atoms with Gasteiger partial charge < -0.3 is 15.2 Å². The van der Waals surface area contributed by atoms with Gasteiger partial charge in [-0.3, -0.25) is 0 Å². The fourth-order valence-corrected chi connectivity index (χ4v) is 2.26. The molecule has 3 nitrogen and oxygen atoms in total. The number of hydrogen-bond acceptors (Lipinski definition) is 3. The van der Waals surface area contributed by atoms with Crippen molar-refractivity contribution in [2.75, 3.05) is 19.8 Å². The highest BCUT2D eigenvalue weighted by Gasteiger charge is 2.16. The van der Waals surface area contributed by atoms with Crippen LogP contribution in [0.2, 0.25) is 5.02 Å². The largest absolute Gasteiger partial charge is 0.486 e. The van der Waals surface area contributed by atoms with E-state index in [9.17, 15) is 0 Å². The lowest BCUT2D eigenvalue weighted by molar-refractivity contribution is 0.171.